The second-order valence-corrected chi connectivity index (χ2v) is 7.56. The van der Waals surface area contributed by atoms with Gasteiger partial charge in [0.25, 0.3) is 5.69 Å². The number of nitrogens with one attached hydrogen (secondary N) is 1. The number of hydrogen-bond donors (Lipinski definition) is 1. The van der Waals surface area contributed by atoms with E-state index in [0.717, 1.165) is 6.07 Å². The van der Waals surface area contributed by atoms with Crippen molar-refractivity contribution in [2.45, 2.75) is 13.8 Å². The van der Waals surface area contributed by atoms with E-state index < -0.39 is 10.9 Å². The van der Waals surface area contributed by atoms with Crippen molar-refractivity contribution < 1.29 is 19.2 Å². The van der Waals surface area contributed by atoms with Gasteiger partial charge >= 0.3 is 5.97 Å². The Hall–Kier alpha value is -5.15. The number of nitro benzene ring substituents is 1. The molecule has 3 aromatic carbocycles. The number of hydrogen-bond acceptors (Lipinski definition) is 8. The van der Waals surface area contributed by atoms with Crippen LogP contribution in [0.2, 0.25) is 0 Å². The first-order valence-electron chi connectivity index (χ1n) is 10.2. The van der Waals surface area contributed by atoms with Gasteiger partial charge in [0.1, 0.15) is 22.7 Å². The summed E-state index contributed by atoms with van der Waals surface area (Å²) >= 11 is 0. The lowest BCUT2D eigenvalue weighted by molar-refractivity contribution is -0.384. The SMILES string of the molecule is C=C(C#N)c1cc(C)c(Oc2cc(Nc3ccc(C#N)cc3)c([N+](=O)[O-])cc2C(=O)OC)c(C)c1. The van der Waals surface area contributed by atoms with Crippen molar-refractivity contribution in [2.75, 3.05) is 12.4 Å². The zero-order valence-corrected chi connectivity index (χ0v) is 19.2. The van der Waals surface area contributed by atoms with Crippen LogP contribution in [0.3, 0.4) is 0 Å². The molecular weight excluding hydrogens is 448 g/mol. The number of aryl methyl sites for hydroxylation is 2. The molecule has 0 fully saturated rings. The van der Waals surface area contributed by atoms with Crippen LogP contribution in [0.5, 0.6) is 11.5 Å². The third-order valence-corrected chi connectivity index (χ3v) is 5.15. The van der Waals surface area contributed by atoms with Gasteiger partial charge in [-0.15, -0.1) is 0 Å². The molecule has 0 saturated heterocycles. The fourth-order valence-corrected chi connectivity index (χ4v) is 3.42. The molecule has 0 amide bonds. The molecule has 3 rings (SSSR count). The predicted molar refractivity (Wildman–Crippen MR) is 130 cm³/mol. The monoisotopic (exact) mass is 468 g/mol. The minimum Gasteiger partial charge on any atom is -0.465 e. The summed E-state index contributed by atoms with van der Waals surface area (Å²) in [5.74, 6) is -0.350. The number of carbonyl (C=O) groups excluding carboxylic acids is 1. The van der Waals surface area contributed by atoms with Crippen LogP contribution in [0.25, 0.3) is 5.57 Å². The number of benzene rings is 3. The number of nitro groups is 1. The number of allylic oxidation sites excluding steroid dienone is 1. The molecule has 9 heteroatoms. The third-order valence-electron chi connectivity index (χ3n) is 5.15. The van der Waals surface area contributed by atoms with Gasteiger partial charge in [-0.2, -0.15) is 10.5 Å². The van der Waals surface area contributed by atoms with Crippen LogP contribution in [0.4, 0.5) is 17.1 Å². The highest BCUT2D eigenvalue weighted by Gasteiger charge is 2.25. The number of carbonyl (C=O) groups is 1. The average Bonchev–Trinajstić information content (AvgIpc) is 2.85. The number of anilines is 2. The van der Waals surface area contributed by atoms with Gasteiger partial charge in [-0.1, -0.05) is 6.58 Å². The van der Waals surface area contributed by atoms with Gasteiger partial charge < -0.3 is 14.8 Å². The maximum absolute atomic E-state index is 12.5. The molecule has 0 heterocycles. The van der Waals surface area contributed by atoms with Gasteiger partial charge in [-0.05, 0) is 66.9 Å². The van der Waals surface area contributed by atoms with Crippen LogP contribution in [-0.2, 0) is 4.74 Å². The molecule has 0 aliphatic heterocycles. The third kappa shape index (κ3) is 5.27. The topological polar surface area (TPSA) is 138 Å². The fraction of sp³-hybridized carbons (Fsp3) is 0.115. The number of ether oxygens (including phenoxy) is 2. The second kappa shape index (κ2) is 10.2. The molecule has 0 spiro atoms. The van der Waals surface area contributed by atoms with Crippen LogP contribution in [0.15, 0.2) is 55.1 Å². The van der Waals surface area contributed by atoms with E-state index in [2.05, 4.69) is 11.9 Å². The van der Waals surface area contributed by atoms with E-state index in [0.29, 0.717) is 39.3 Å². The largest absolute Gasteiger partial charge is 0.465 e. The Morgan fingerprint density at radius 1 is 1.09 bits per heavy atom. The lowest BCUT2D eigenvalue weighted by atomic mass is 10.0. The smallest absolute Gasteiger partial charge is 0.341 e. The first kappa shape index (κ1) is 24.5. The van der Waals surface area contributed by atoms with Crippen LogP contribution in [0.1, 0.15) is 32.6 Å². The number of nitrogens with zero attached hydrogens (tertiary/aromatic N) is 3. The molecule has 0 aliphatic rings. The molecule has 3 aromatic rings. The number of methoxy groups -OCH3 is 1. The Morgan fingerprint density at radius 2 is 1.71 bits per heavy atom. The van der Waals surface area contributed by atoms with Crippen LogP contribution < -0.4 is 10.1 Å². The van der Waals surface area contributed by atoms with Crippen molar-refractivity contribution >= 4 is 28.6 Å². The molecule has 174 valence electrons. The average molecular weight is 468 g/mol. The maximum Gasteiger partial charge on any atom is 0.341 e. The molecule has 0 aliphatic carbocycles. The Bertz CT molecular complexity index is 1410. The highest BCUT2D eigenvalue weighted by molar-refractivity contribution is 5.95. The minimum absolute atomic E-state index is 0.0386. The van der Waals surface area contributed by atoms with Crippen LogP contribution in [-0.4, -0.2) is 18.0 Å². The van der Waals surface area contributed by atoms with Crippen LogP contribution in [0, 0.1) is 46.6 Å². The van der Waals surface area contributed by atoms with Gasteiger partial charge in [0.15, 0.2) is 0 Å². The van der Waals surface area contributed by atoms with E-state index in [1.54, 1.807) is 50.2 Å². The second-order valence-electron chi connectivity index (χ2n) is 7.56. The van der Waals surface area contributed by atoms with E-state index in [4.69, 9.17) is 20.0 Å². The molecule has 0 atom stereocenters. The summed E-state index contributed by atoms with van der Waals surface area (Å²) in [5, 5.41) is 32.8. The van der Waals surface area contributed by atoms with Crippen molar-refractivity contribution in [3.8, 4) is 23.6 Å². The zero-order valence-electron chi connectivity index (χ0n) is 19.2. The van der Waals surface area contributed by atoms with E-state index >= 15 is 0 Å². The molecular formula is C26H20N4O5. The van der Waals surface area contributed by atoms with Crippen molar-refractivity contribution in [2.24, 2.45) is 0 Å². The summed E-state index contributed by atoms with van der Waals surface area (Å²) in [6, 6.07) is 16.2. The standard InChI is InChI=1S/C26H20N4O5/c1-15-9-19(17(3)13-27)10-16(2)25(15)35-24-12-22(29-20-7-5-18(14-28)6-8-20)23(30(32)33)11-21(24)26(31)34-4/h5-12,29H,3H2,1-2,4H3. The Balaban J connectivity index is 2.14. The lowest BCUT2D eigenvalue weighted by Gasteiger charge is -2.17. The Morgan fingerprint density at radius 3 is 2.23 bits per heavy atom. The van der Waals surface area contributed by atoms with Gasteiger partial charge in [-0.3, -0.25) is 10.1 Å². The van der Waals surface area contributed by atoms with E-state index in [1.807, 2.05) is 12.1 Å². The minimum atomic E-state index is -0.808. The van der Waals surface area contributed by atoms with Crippen LogP contribution >= 0.6 is 0 Å². The molecule has 1 N–H and O–H groups in total. The molecule has 35 heavy (non-hydrogen) atoms. The van der Waals surface area contributed by atoms with E-state index in [-0.39, 0.29) is 22.7 Å². The highest BCUT2D eigenvalue weighted by atomic mass is 16.6. The molecule has 0 bridgehead atoms. The van der Waals surface area contributed by atoms with E-state index in [9.17, 15) is 14.9 Å². The summed E-state index contributed by atoms with van der Waals surface area (Å²) in [5.41, 5.74) is 2.79. The first-order valence-corrected chi connectivity index (χ1v) is 10.2. The summed E-state index contributed by atoms with van der Waals surface area (Å²) in [4.78, 5) is 23.6. The van der Waals surface area contributed by atoms with Crippen molar-refractivity contribution in [1.29, 1.82) is 10.5 Å². The Kier molecular flexibility index (Phi) is 7.13. The summed E-state index contributed by atoms with van der Waals surface area (Å²) in [7, 11) is 1.17. The number of nitriles is 2. The van der Waals surface area contributed by atoms with Crippen molar-refractivity contribution in [1.82, 2.24) is 0 Å². The van der Waals surface area contributed by atoms with Crippen molar-refractivity contribution in [3.63, 3.8) is 0 Å². The first-order chi connectivity index (χ1) is 16.7. The number of rotatable bonds is 7. The molecule has 0 unspecified atom stereocenters. The summed E-state index contributed by atoms with van der Waals surface area (Å²) in [6.45, 7) is 7.27. The predicted octanol–water partition coefficient (Wildman–Crippen LogP) is 5.94. The summed E-state index contributed by atoms with van der Waals surface area (Å²) < 4.78 is 10.9. The normalized spacial score (nSPS) is 9.97. The van der Waals surface area contributed by atoms with Gasteiger partial charge in [0, 0.05) is 17.8 Å². The van der Waals surface area contributed by atoms with Gasteiger partial charge in [-0.25, -0.2) is 4.79 Å². The quantitative estimate of drug-likeness (QED) is 0.194. The molecule has 0 radical (unpaired) electrons. The Labute approximate surface area is 201 Å². The van der Waals surface area contributed by atoms with Gasteiger partial charge in [0.05, 0.1) is 35.3 Å². The molecule has 0 aromatic heterocycles. The summed E-state index contributed by atoms with van der Waals surface area (Å²) in [6.07, 6.45) is 0. The highest BCUT2D eigenvalue weighted by Crippen LogP contribution is 2.39. The van der Waals surface area contributed by atoms with Gasteiger partial charge in [0.2, 0.25) is 0 Å². The fourth-order valence-electron chi connectivity index (χ4n) is 3.42. The zero-order chi connectivity index (χ0) is 25.7. The lowest BCUT2D eigenvalue weighted by Crippen LogP contribution is -2.07. The van der Waals surface area contributed by atoms with Crippen molar-refractivity contribution in [3.05, 3.63) is 93.0 Å². The molecule has 9 nitrogen and oxygen atoms in total. The number of esters is 1. The molecule has 0 saturated carbocycles. The van der Waals surface area contributed by atoms with E-state index in [1.165, 1.54) is 13.2 Å². The maximum atomic E-state index is 12.5.